The van der Waals surface area contributed by atoms with Crippen LogP contribution in [0.5, 0.6) is 0 Å². The average Bonchev–Trinajstić information content (AvgIpc) is 2.55. The molecule has 1 aliphatic heterocycles. The zero-order chi connectivity index (χ0) is 15.5. The van der Waals surface area contributed by atoms with Crippen LogP contribution < -0.4 is 5.32 Å². The van der Waals surface area contributed by atoms with Crippen molar-refractivity contribution >= 4 is 0 Å². The highest BCUT2D eigenvalue weighted by atomic mass is 15.2. The largest absolute Gasteiger partial charge is 0.313 e. The van der Waals surface area contributed by atoms with Crippen molar-refractivity contribution in [3.8, 4) is 0 Å². The molecule has 3 nitrogen and oxygen atoms in total. The van der Waals surface area contributed by atoms with Crippen LogP contribution in [0.3, 0.4) is 0 Å². The van der Waals surface area contributed by atoms with E-state index in [0.29, 0.717) is 17.5 Å². The van der Waals surface area contributed by atoms with E-state index in [2.05, 4.69) is 49.9 Å². The van der Waals surface area contributed by atoms with Crippen molar-refractivity contribution in [2.24, 2.45) is 11.3 Å². The van der Waals surface area contributed by atoms with Gasteiger partial charge in [0.05, 0.1) is 0 Å². The fraction of sp³-hybridized carbons (Fsp3) is 1.00. The predicted octanol–water partition coefficient (Wildman–Crippen LogP) is 2.82. The molecular formula is C18H37N3. The van der Waals surface area contributed by atoms with Gasteiger partial charge in [0, 0.05) is 25.2 Å². The van der Waals surface area contributed by atoms with E-state index in [4.69, 9.17) is 0 Å². The van der Waals surface area contributed by atoms with Crippen LogP contribution in [0.4, 0.5) is 0 Å². The molecule has 1 heterocycles. The average molecular weight is 296 g/mol. The van der Waals surface area contributed by atoms with Gasteiger partial charge in [0.2, 0.25) is 0 Å². The standard InChI is InChI=1S/C18H37N3/c1-6-19-17-16(9-7-10-18(17,3)4)14-21-12-8-11-20(5)13-15(21)2/h15-17,19H,6-14H2,1-5H3. The molecule has 3 heteroatoms. The van der Waals surface area contributed by atoms with E-state index in [1.165, 1.54) is 51.9 Å². The molecule has 0 aromatic rings. The SMILES string of the molecule is CCNC1C(CN2CCCN(C)CC2C)CCCC1(C)C. The van der Waals surface area contributed by atoms with Crippen LogP contribution in [0.2, 0.25) is 0 Å². The lowest BCUT2D eigenvalue weighted by molar-refractivity contribution is 0.0685. The highest BCUT2D eigenvalue weighted by Crippen LogP contribution is 2.39. The number of nitrogens with one attached hydrogen (secondary N) is 1. The van der Waals surface area contributed by atoms with Crippen molar-refractivity contribution in [1.29, 1.82) is 0 Å². The fourth-order valence-electron chi connectivity index (χ4n) is 4.63. The van der Waals surface area contributed by atoms with Crippen molar-refractivity contribution in [2.75, 3.05) is 39.8 Å². The Bertz CT molecular complexity index is 316. The van der Waals surface area contributed by atoms with E-state index < -0.39 is 0 Å². The number of rotatable bonds is 4. The normalized spacial score (nSPS) is 35.6. The first-order chi connectivity index (χ1) is 9.94. The summed E-state index contributed by atoms with van der Waals surface area (Å²) in [6.45, 7) is 15.7. The maximum atomic E-state index is 3.82. The third-order valence-corrected chi connectivity index (χ3v) is 5.79. The van der Waals surface area contributed by atoms with Gasteiger partial charge < -0.3 is 10.2 Å². The minimum atomic E-state index is 0.449. The molecule has 3 unspecified atom stereocenters. The van der Waals surface area contributed by atoms with Gasteiger partial charge in [0.1, 0.15) is 0 Å². The van der Waals surface area contributed by atoms with Gasteiger partial charge in [-0.3, -0.25) is 4.90 Å². The Kier molecular flexibility index (Phi) is 6.10. The van der Waals surface area contributed by atoms with Gasteiger partial charge in [0.25, 0.3) is 0 Å². The van der Waals surface area contributed by atoms with Gasteiger partial charge in [-0.1, -0.05) is 27.2 Å². The van der Waals surface area contributed by atoms with Crippen molar-refractivity contribution in [1.82, 2.24) is 15.1 Å². The van der Waals surface area contributed by atoms with E-state index in [0.717, 1.165) is 12.5 Å². The highest BCUT2D eigenvalue weighted by Gasteiger charge is 2.39. The van der Waals surface area contributed by atoms with Crippen molar-refractivity contribution in [3.05, 3.63) is 0 Å². The summed E-state index contributed by atoms with van der Waals surface area (Å²) in [6.07, 6.45) is 5.50. The molecule has 0 aromatic heterocycles. The smallest absolute Gasteiger partial charge is 0.0194 e. The summed E-state index contributed by atoms with van der Waals surface area (Å²) < 4.78 is 0. The first-order valence-corrected chi connectivity index (χ1v) is 9.10. The Hall–Kier alpha value is -0.120. The zero-order valence-electron chi connectivity index (χ0n) is 15.0. The van der Waals surface area contributed by atoms with E-state index in [1.54, 1.807) is 0 Å². The fourth-order valence-corrected chi connectivity index (χ4v) is 4.63. The van der Waals surface area contributed by atoms with Crippen LogP contribution in [0, 0.1) is 11.3 Å². The molecule has 124 valence electrons. The number of nitrogens with zero attached hydrogens (tertiary/aromatic N) is 2. The van der Waals surface area contributed by atoms with Crippen molar-refractivity contribution in [3.63, 3.8) is 0 Å². The van der Waals surface area contributed by atoms with E-state index in [1.807, 2.05) is 0 Å². The summed E-state index contributed by atoms with van der Waals surface area (Å²) in [5, 5.41) is 3.82. The van der Waals surface area contributed by atoms with Crippen LogP contribution in [0.15, 0.2) is 0 Å². The minimum absolute atomic E-state index is 0.449. The van der Waals surface area contributed by atoms with Gasteiger partial charge in [-0.25, -0.2) is 0 Å². The summed E-state index contributed by atoms with van der Waals surface area (Å²) in [5.41, 5.74) is 0.449. The maximum absolute atomic E-state index is 3.82. The summed E-state index contributed by atoms with van der Waals surface area (Å²) in [4.78, 5) is 5.26. The minimum Gasteiger partial charge on any atom is -0.313 e. The van der Waals surface area contributed by atoms with Crippen LogP contribution in [-0.4, -0.2) is 61.7 Å². The lowest BCUT2D eigenvalue weighted by Gasteiger charge is -2.46. The van der Waals surface area contributed by atoms with Crippen LogP contribution in [0.25, 0.3) is 0 Å². The van der Waals surface area contributed by atoms with Crippen molar-refractivity contribution in [2.45, 2.75) is 65.5 Å². The Morgan fingerprint density at radius 3 is 2.67 bits per heavy atom. The summed E-state index contributed by atoms with van der Waals surface area (Å²) in [5.74, 6) is 0.819. The third kappa shape index (κ3) is 4.43. The lowest BCUT2D eigenvalue weighted by Crippen LogP contribution is -2.54. The number of hydrogen-bond acceptors (Lipinski definition) is 3. The predicted molar refractivity (Wildman–Crippen MR) is 91.7 cm³/mol. The molecular weight excluding hydrogens is 258 g/mol. The first-order valence-electron chi connectivity index (χ1n) is 9.10. The van der Waals surface area contributed by atoms with Gasteiger partial charge in [-0.05, 0) is 64.2 Å². The molecule has 0 bridgehead atoms. The molecule has 0 spiro atoms. The van der Waals surface area contributed by atoms with Crippen LogP contribution >= 0.6 is 0 Å². The summed E-state index contributed by atoms with van der Waals surface area (Å²) in [6, 6.07) is 1.38. The van der Waals surface area contributed by atoms with Crippen LogP contribution in [-0.2, 0) is 0 Å². The zero-order valence-corrected chi connectivity index (χ0v) is 15.0. The number of hydrogen-bond donors (Lipinski definition) is 1. The van der Waals surface area contributed by atoms with Gasteiger partial charge in [-0.2, -0.15) is 0 Å². The van der Waals surface area contributed by atoms with E-state index >= 15 is 0 Å². The summed E-state index contributed by atoms with van der Waals surface area (Å²) in [7, 11) is 2.27. The van der Waals surface area contributed by atoms with E-state index in [9.17, 15) is 0 Å². The third-order valence-electron chi connectivity index (χ3n) is 5.79. The second-order valence-corrected chi connectivity index (χ2v) is 8.14. The summed E-state index contributed by atoms with van der Waals surface area (Å²) >= 11 is 0. The van der Waals surface area contributed by atoms with Gasteiger partial charge in [-0.15, -0.1) is 0 Å². The Labute approximate surface area is 132 Å². The Balaban J connectivity index is 2.01. The molecule has 2 fully saturated rings. The molecule has 2 rings (SSSR count). The Morgan fingerprint density at radius 1 is 1.19 bits per heavy atom. The Morgan fingerprint density at radius 2 is 1.95 bits per heavy atom. The molecule has 0 radical (unpaired) electrons. The van der Waals surface area contributed by atoms with Gasteiger partial charge in [0.15, 0.2) is 0 Å². The molecule has 1 saturated carbocycles. The molecule has 21 heavy (non-hydrogen) atoms. The molecule has 1 aliphatic carbocycles. The lowest BCUT2D eigenvalue weighted by atomic mass is 9.67. The second-order valence-electron chi connectivity index (χ2n) is 8.14. The van der Waals surface area contributed by atoms with Crippen LogP contribution in [0.1, 0.15) is 53.4 Å². The molecule has 1 N–H and O–H groups in total. The van der Waals surface area contributed by atoms with E-state index in [-0.39, 0.29) is 0 Å². The first kappa shape index (κ1) is 17.2. The topological polar surface area (TPSA) is 18.5 Å². The molecule has 0 amide bonds. The second kappa shape index (κ2) is 7.43. The molecule has 3 atom stereocenters. The highest BCUT2D eigenvalue weighted by molar-refractivity contribution is 4.95. The number of likely N-dealkylation sites (N-methyl/N-ethyl adjacent to an activating group) is 1. The molecule has 2 aliphatic rings. The monoisotopic (exact) mass is 295 g/mol. The van der Waals surface area contributed by atoms with Crippen molar-refractivity contribution < 1.29 is 0 Å². The quantitative estimate of drug-likeness (QED) is 0.860. The molecule has 0 aromatic carbocycles. The van der Waals surface area contributed by atoms with Gasteiger partial charge >= 0.3 is 0 Å². The molecule has 1 saturated heterocycles. The maximum Gasteiger partial charge on any atom is 0.0194 e.